The van der Waals surface area contributed by atoms with Gasteiger partial charge in [0.1, 0.15) is 0 Å². The molecule has 10 nitrogen and oxygen atoms in total. The molecule has 0 saturated heterocycles. The first-order chi connectivity index (χ1) is 18.3. The smallest absolute Gasteiger partial charge is 0.338 e. The summed E-state index contributed by atoms with van der Waals surface area (Å²) < 4.78 is 10.4. The lowest BCUT2D eigenvalue weighted by atomic mass is 9.96. The van der Waals surface area contributed by atoms with Crippen LogP contribution in [0.5, 0.6) is 0 Å². The molecular weight excluding hydrogens is 492 g/mol. The van der Waals surface area contributed by atoms with Crippen molar-refractivity contribution in [1.82, 2.24) is 0 Å². The molecule has 3 rings (SSSR count). The number of rotatable bonds is 10. The summed E-state index contributed by atoms with van der Waals surface area (Å²) in [5, 5.41) is 23.0. The second kappa shape index (κ2) is 12.7. The Morgan fingerprint density at radius 1 is 0.684 bits per heavy atom. The lowest BCUT2D eigenvalue weighted by molar-refractivity contribution is -0.385. The van der Waals surface area contributed by atoms with Gasteiger partial charge in [-0.2, -0.15) is 0 Å². The number of esters is 2. The second-order valence-corrected chi connectivity index (χ2v) is 7.77. The third-order valence-electron chi connectivity index (χ3n) is 5.34. The Labute approximate surface area is 218 Å². The zero-order valence-corrected chi connectivity index (χ0v) is 20.7. The summed E-state index contributed by atoms with van der Waals surface area (Å²) in [4.78, 5) is 47.8. The molecule has 194 valence electrons. The van der Waals surface area contributed by atoms with Crippen molar-refractivity contribution in [3.8, 4) is 0 Å². The summed E-state index contributed by atoms with van der Waals surface area (Å²) in [6.07, 6.45) is 2.70. The molecule has 0 saturated carbocycles. The summed E-state index contributed by atoms with van der Waals surface area (Å²) in [6.45, 7) is 3.40. The van der Waals surface area contributed by atoms with E-state index in [0.717, 1.165) is 0 Å². The van der Waals surface area contributed by atoms with Crippen molar-refractivity contribution in [2.75, 3.05) is 13.2 Å². The predicted octanol–water partition coefficient (Wildman–Crippen LogP) is 5.71. The van der Waals surface area contributed by atoms with Crippen molar-refractivity contribution in [1.29, 1.82) is 0 Å². The van der Waals surface area contributed by atoms with E-state index in [1.165, 1.54) is 54.6 Å². The van der Waals surface area contributed by atoms with Gasteiger partial charge in [0.05, 0.1) is 45.3 Å². The Morgan fingerprint density at radius 3 is 1.45 bits per heavy atom. The maximum Gasteiger partial charge on any atom is 0.338 e. The highest BCUT2D eigenvalue weighted by atomic mass is 16.6. The Balaban J connectivity index is 2.21. The molecule has 0 aliphatic rings. The van der Waals surface area contributed by atoms with E-state index in [2.05, 4.69) is 0 Å². The monoisotopic (exact) mass is 516 g/mol. The lowest BCUT2D eigenvalue weighted by Crippen LogP contribution is -2.09. The van der Waals surface area contributed by atoms with E-state index in [1.54, 1.807) is 44.2 Å². The molecule has 0 bridgehead atoms. The van der Waals surface area contributed by atoms with Crippen LogP contribution in [0.1, 0.15) is 36.1 Å². The molecule has 0 aliphatic carbocycles. The van der Waals surface area contributed by atoms with E-state index in [1.807, 2.05) is 0 Å². The maximum absolute atomic E-state index is 12.9. The number of hydrogen-bond acceptors (Lipinski definition) is 8. The summed E-state index contributed by atoms with van der Waals surface area (Å²) in [6, 6.07) is 18.2. The molecule has 0 radical (unpaired) electrons. The lowest BCUT2D eigenvalue weighted by Gasteiger charge is -2.12. The molecule has 0 amide bonds. The van der Waals surface area contributed by atoms with Crippen molar-refractivity contribution in [3.05, 3.63) is 115 Å². The number of nitro benzene ring substituents is 2. The molecule has 0 aromatic heterocycles. The highest BCUT2D eigenvalue weighted by Gasteiger charge is 2.21. The van der Waals surface area contributed by atoms with Gasteiger partial charge in [-0.1, -0.05) is 42.5 Å². The predicted molar refractivity (Wildman–Crippen MR) is 142 cm³/mol. The molecule has 0 aliphatic heterocycles. The van der Waals surface area contributed by atoms with Gasteiger partial charge >= 0.3 is 11.9 Å². The molecule has 3 aromatic carbocycles. The van der Waals surface area contributed by atoms with Crippen LogP contribution in [-0.4, -0.2) is 35.0 Å². The van der Waals surface area contributed by atoms with E-state index in [-0.39, 0.29) is 46.9 Å². The average molecular weight is 517 g/mol. The van der Waals surface area contributed by atoms with E-state index in [9.17, 15) is 29.8 Å². The van der Waals surface area contributed by atoms with Gasteiger partial charge < -0.3 is 9.47 Å². The van der Waals surface area contributed by atoms with Gasteiger partial charge in [0, 0.05) is 12.1 Å². The number of hydrogen-bond donors (Lipinski definition) is 0. The SMILES string of the molecule is CCOC(=O)/C(=C\c1ccccc1[N+](=O)[O-])c1cccc(/C(=C\c2ccccc2[N+](=O)[O-])C(=O)OCC)c1. The van der Waals surface area contributed by atoms with Crippen LogP contribution in [0.15, 0.2) is 72.8 Å². The van der Waals surface area contributed by atoms with Crippen LogP contribution >= 0.6 is 0 Å². The average Bonchev–Trinajstić information content (AvgIpc) is 2.90. The third kappa shape index (κ3) is 6.55. The number of ether oxygens (including phenoxy) is 2. The van der Waals surface area contributed by atoms with Gasteiger partial charge in [0.2, 0.25) is 0 Å². The number of nitrogens with zero attached hydrogens (tertiary/aromatic N) is 2. The molecular formula is C28H24N2O8. The number of carbonyl (C=O) groups excluding carboxylic acids is 2. The van der Waals surface area contributed by atoms with Crippen molar-refractivity contribution < 1.29 is 28.9 Å². The Morgan fingerprint density at radius 2 is 1.08 bits per heavy atom. The van der Waals surface area contributed by atoms with E-state index in [0.29, 0.717) is 11.1 Å². The van der Waals surface area contributed by atoms with Gasteiger partial charge in [-0.3, -0.25) is 20.2 Å². The molecule has 0 unspecified atom stereocenters. The van der Waals surface area contributed by atoms with E-state index < -0.39 is 21.8 Å². The van der Waals surface area contributed by atoms with Crippen LogP contribution in [0.25, 0.3) is 23.3 Å². The quantitative estimate of drug-likeness (QED) is 0.110. The standard InChI is InChI=1S/C28H24N2O8/c1-3-37-27(31)23(17-21-10-5-7-14-25(21)29(33)34)19-12-9-13-20(16-19)24(28(32)38-4-2)18-22-11-6-8-15-26(22)30(35)36/h5-18H,3-4H2,1-2H3/b23-17-,24-18+. The van der Waals surface area contributed by atoms with Crippen LogP contribution in [0.4, 0.5) is 11.4 Å². The normalized spacial score (nSPS) is 11.5. The fraction of sp³-hybridized carbons (Fsp3) is 0.143. The Bertz CT molecular complexity index is 1340. The zero-order chi connectivity index (χ0) is 27.7. The van der Waals surface area contributed by atoms with Gasteiger partial charge in [-0.15, -0.1) is 0 Å². The molecule has 0 N–H and O–H groups in total. The number of nitro groups is 2. The first-order valence-electron chi connectivity index (χ1n) is 11.6. The molecule has 0 spiro atoms. The maximum atomic E-state index is 12.9. The highest BCUT2D eigenvalue weighted by Crippen LogP contribution is 2.30. The fourth-order valence-electron chi connectivity index (χ4n) is 3.65. The highest BCUT2D eigenvalue weighted by molar-refractivity contribution is 6.24. The molecule has 3 aromatic rings. The number of benzene rings is 3. The summed E-state index contributed by atoms with van der Waals surface area (Å²) in [5.41, 5.74) is 0.657. The van der Waals surface area contributed by atoms with Crippen molar-refractivity contribution in [2.24, 2.45) is 0 Å². The van der Waals surface area contributed by atoms with Gasteiger partial charge in [0.15, 0.2) is 0 Å². The van der Waals surface area contributed by atoms with Crippen molar-refractivity contribution in [2.45, 2.75) is 13.8 Å². The summed E-state index contributed by atoms with van der Waals surface area (Å²) >= 11 is 0. The molecule has 0 fully saturated rings. The summed E-state index contributed by atoms with van der Waals surface area (Å²) in [7, 11) is 0. The van der Waals surface area contributed by atoms with Crippen LogP contribution in [0.3, 0.4) is 0 Å². The number of para-hydroxylation sites is 2. The Hall–Kier alpha value is -5.12. The molecule has 0 atom stereocenters. The first kappa shape index (κ1) is 27.5. The molecule has 38 heavy (non-hydrogen) atoms. The van der Waals surface area contributed by atoms with E-state index in [4.69, 9.17) is 9.47 Å². The van der Waals surface area contributed by atoms with Crippen molar-refractivity contribution in [3.63, 3.8) is 0 Å². The van der Waals surface area contributed by atoms with Gasteiger partial charge in [-0.25, -0.2) is 9.59 Å². The topological polar surface area (TPSA) is 139 Å². The molecule has 0 heterocycles. The second-order valence-electron chi connectivity index (χ2n) is 7.77. The largest absolute Gasteiger partial charge is 0.462 e. The molecule has 10 heteroatoms. The van der Waals surface area contributed by atoms with Crippen LogP contribution in [-0.2, 0) is 19.1 Å². The number of carbonyl (C=O) groups is 2. The minimum atomic E-state index is -0.719. The summed E-state index contributed by atoms with van der Waals surface area (Å²) in [5.74, 6) is -1.44. The van der Waals surface area contributed by atoms with Crippen LogP contribution in [0.2, 0.25) is 0 Å². The van der Waals surface area contributed by atoms with E-state index >= 15 is 0 Å². The van der Waals surface area contributed by atoms with Gasteiger partial charge in [0.25, 0.3) is 11.4 Å². The van der Waals surface area contributed by atoms with Crippen LogP contribution < -0.4 is 0 Å². The van der Waals surface area contributed by atoms with Crippen LogP contribution in [0, 0.1) is 20.2 Å². The Kier molecular flexibility index (Phi) is 9.20. The third-order valence-corrected chi connectivity index (χ3v) is 5.34. The minimum Gasteiger partial charge on any atom is -0.462 e. The first-order valence-corrected chi connectivity index (χ1v) is 11.6. The van der Waals surface area contributed by atoms with Gasteiger partial charge in [-0.05, 0) is 55.3 Å². The van der Waals surface area contributed by atoms with Crippen molar-refractivity contribution >= 4 is 46.6 Å². The fourth-order valence-corrected chi connectivity index (χ4v) is 3.65. The zero-order valence-electron chi connectivity index (χ0n) is 20.7. The minimum absolute atomic E-state index is 0.0249.